The summed E-state index contributed by atoms with van der Waals surface area (Å²) >= 11 is 0. The molecule has 2 atom stereocenters. The van der Waals surface area contributed by atoms with Crippen molar-refractivity contribution in [2.75, 3.05) is 5.43 Å². The Morgan fingerprint density at radius 3 is 2.75 bits per heavy atom. The molecule has 126 valence electrons. The number of pyridine rings is 1. The number of amides is 1. The van der Waals surface area contributed by atoms with E-state index >= 15 is 0 Å². The molecular formula is C18H22N4O2. The van der Waals surface area contributed by atoms with E-state index in [1.165, 1.54) is 19.0 Å². The summed E-state index contributed by atoms with van der Waals surface area (Å²) in [6.45, 7) is 0. The maximum Gasteiger partial charge on any atom is 0.250 e. The zero-order chi connectivity index (χ0) is 16.5. The Bertz CT molecular complexity index is 814. The average molecular weight is 326 g/mol. The van der Waals surface area contributed by atoms with Crippen molar-refractivity contribution < 1.29 is 9.90 Å². The van der Waals surface area contributed by atoms with Gasteiger partial charge in [0.2, 0.25) is 5.91 Å². The first-order valence-corrected chi connectivity index (χ1v) is 8.77. The minimum absolute atomic E-state index is 0.384. The number of carbonyl (C=O) groups is 1. The van der Waals surface area contributed by atoms with Gasteiger partial charge in [0.15, 0.2) is 5.65 Å². The standard InChI is InChI=1S/C18H22N4O2/c19-16(23)14-5-11-1-2-22(17(11)20-9-14)21-15-12-3-10-4-13(15)8-18(24,6-10)7-12/h1-2,5,9-10,12-13,15,21,24H,3-4,6-8H2,(H2,19,23). The molecular weight excluding hydrogens is 304 g/mol. The lowest BCUT2D eigenvalue weighted by molar-refractivity contribution is -0.131. The van der Waals surface area contributed by atoms with E-state index in [-0.39, 0.29) is 0 Å². The molecule has 4 aliphatic rings. The second-order valence-electron chi connectivity index (χ2n) is 8.04. The van der Waals surface area contributed by atoms with Gasteiger partial charge in [0.05, 0.1) is 11.2 Å². The van der Waals surface area contributed by atoms with E-state index in [4.69, 9.17) is 5.73 Å². The fraction of sp³-hybridized carbons (Fsp3) is 0.556. The van der Waals surface area contributed by atoms with Crippen LogP contribution in [0.2, 0.25) is 0 Å². The molecule has 4 saturated carbocycles. The van der Waals surface area contributed by atoms with Crippen molar-refractivity contribution in [3.63, 3.8) is 0 Å². The van der Waals surface area contributed by atoms with E-state index in [2.05, 4.69) is 10.4 Å². The monoisotopic (exact) mass is 326 g/mol. The molecule has 6 nitrogen and oxygen atoms in total. The van der Waals surface area contributed by atoms with E-state index < -0.39 is 11.5 Å². The second kappa shape index (κ2) is 4.72. The highest BCUT2D eigenvalue weighted by Crippen LogP contribution is 2.55. The van der Waals surface area contributed by atoms with Gasteiger partial charge in [0.1, 0.15) is 0 Å². The maximum atomic E-state index is 11.3. The molecule has 4 bridgehead atoms. The van der Waals surface area contributed by atoms with Crippen molar-refractivity contribution in [3.05, 3.63) is 30.1 Å². The number of primary amides is 1. The summed E-state index contributed by atoms with van der Waals surface area (Å²) in [4.78, 5) is 15.7. The lowest BCUT2D eigenvalue weighted by atomic mass is 9.52. The molecule has 4 aliphatic carbocycles. The number of hydrogen-bond donors (Lipinski definition) is 3. The average Bonchev–Trinajstić information content (AvgIpc) is 2.91. The molecule has 0 radical (unpaired) electrons. The summed E-state index contributed by atoms with van der Waals surface area (Å²) < 4.78 is 1.97. The number of fused-ring (bicyclic) bond motifs is 1. The van der Waals surface area contributed by atoms with Crippen LogP contribution in [0.15, 0.2) is 24.5 Å². The topological polar surface area (TPSA) is 93.2 Å². The van der Waals surface area contributed by atoms with Crippen molar-refractivity contribution in [3.8, 4) is 0 Å². The molecule has 4 N–H and O–H groups in total. The predicted molar refractivity (Wildman–Crippen MR) is 89.9 cm³/mol. The smallest absolute Gasteiger partial charge is 0.250 e. The number of nitrogens with two attached hydrogens (primary N) is 1. The Kier molecular flexibility index (Phi) is 2.81. The third-order valence-electron chi connectivity index (χ3n) is 6.34. The fourth-order valence-electron chi connectivity index (χ4n) is 5.62. The van der Waals surface area contributed by atoms with Crippen molar-refractivity contribution in [1.29, 1.82) is 0 Å². The van der Waals surface area contributed by atoms with Gasteiger partial charge in [-0.15, -0.1) is 0 Å². The number of nitrogens with zero attached hydrogens (tertiary/aromatic N) is 2. The van der Waals surface area contributed by atoms with Gasteiger partial charge >= 0.3 is 0 Å². The van der Waals surface area contributed by atoms with Crippen LogP contribution in [0.25, 0.3) is 11.0 Å². The minimum Gasteiger partial charge on any atom is -0.390 e. The molecule has 0 spiro atoms. The van der Waals surface area contributed by atoms with Gasteiger partial charge in [-0.2, -0.15) is 0 Å². The third-order valence-corrected chi connectivity index (χ3v) is 6.34. The van der Waals surface area contributed by atoms with Crippen LogP contribution in [0.4, 0.5) is 0 Å². The maximum absolute atomic E-state index is 11.3. The summed E-state index contributed by atoms with van der Waals surface area (Å²) in [5.41, 5.74) is 9.79. The van der Waals surface area contributed by atoms with Crippen LogP contribution < -0.4 is 11.2 Å². The summed E-state index contributed by atoms with van der Waals surface area (Å²) in [6.07, 6.45) is 8.75. The zero-order valence-corrected chi connectivity index (χ0v) is 13.5. The van der Waals surface area contributed by atoms with Gasteiger partial charge in [-0.05, 0) is 62.0 Å². The quantitative estimate of drug-likeness (QED) is 0.799. The van der Waals surface area contributed by atoms with Gasteiger partial charge in [0.25, 0.3) is 0 Å². The molecule has 24 heavy (non-hydrogen) atoms. The molecule has 0 aromatic carbocycles. The number of aromatic nitrogens is 2. The first-order valence-electron chi connectivity index (χ1n) is 8.77. The first-order chi connectivity index (χ1) is 11.5. The van der Waals surface area contributed by atoms with Gasteiger partial charge in [-0.3, -0.25) is 4.79 Å². The lowest BCUT2D eigenvalue weighted by Gasteiger charge is -2.58. The largest absolute Gasteiger partial charge is 0.390 e. The second-order valence-corrected chi connectivity index (χ2v) is 8.04. The molecule has 6 rings (SSSR count). The molecule has 1 amide bonds. The summed E-state index contributed by atoms with van der Waals surface area (Å²) in [7, 11) is 0. The molecule has 4 fully saturated rings. The molecule has 2 heterocycles. The highest BCUT2D eigenvalue weighted by atomic mass is 16.3. The summed E-state index contributed by atoms with van der Waals surface area (Å²) in [6, 6.07) is 4.11. The normalized spacial score (nSPS) is 37.0. The van der Waals surface area contributed by atoms with E-state index in [0.717, 1.165) is 30.3 Å². The fourth-order valence-corrected chi connectivity index (χ4v) is 5.62. The summed E-state index contributed by atoms with van der Waals surface area (Å²) in [5.74, 6) is 1.30. The Labute approximate surface area is 140 Å². The van der Waals surface area contributed by atoms with Gasteiger partial charge < -0.3 is 16.3 Å². The highest BCUT2D eigenvalue weighted by molar-refractivity contribution is 5.95. The van der Waals surface area contributed by atoms with Crippen molar-refractivity contribution in [1.82, 2.24) is 9.66 Å². The molecule has 6 heteroatoms. The predicted octanol–water partition coefficient (Wildman–Crippen LogP) is 1.62. The molecule has 2 aromatic rings. The Morgan fingerprint density at radius 2 is 2.08 bits per heavy atom. The van der Waals surface area contributed by atoms with Crippen molar-refractivity contribution >= 4 is 16.9 Å². The van der Waals surface area contributed by atoms with Crippen LogP contribution in [0.5, 0.6) is 0 Å². The number of rotatable bonds is 3. The number of carbonyl (C=O) groups excluding carboxylic acids is 1. The van der Waals surface area contributed by atoms with Crippen molar-refractivity contribution in [2.24, 2.45) is 23.5 Å². The van der Waals surface area contributed by atoms with Crippen LogP contribution in [0.1, 0.15) is 42.5 Å². The van der Waals surface area contributed by atoms with Gasteiger partial charge in [0, 0.05) is 23.8 Å². The third kappa shape index (κ3) is 2.05. The lowest BCUT2D eigenvalue weighted by Crippen LogP contribution is -2.60. The molecule has 0 aliphatic heterocycles. The van der Waals surface area contributed by atoms with E-state index in [1.807, 2.05) is 16.9 Å². The first kappa shape index (κ1) is 14.3. The Morgan fingerprint density at radius 1 is 1.33 bits per heavy atom. The number of nitrogens with one attached hydrogen (secondary N) is 1. The van der Waals surface area contributed by atoms with Gasteiger partial charge in [-0.25, -0.2) is 9.66 Å². The SMILES string of the molecule is NC(=O)c1cnc2c(ccn2NC2C3CC4CC2CC(O)(C4)C3)c1. The van der Waals surface area contributed by atoms with E-state index in [9.17, 15) is 9.90 Å². The molecule has 2 aromatic heterocycles. The zero-order valence-electron chi connectivity index (χ0n) is 13.5. The van der Waals surface area contributed by atoms with Crippen LogP contribution in [0.3, 0.4) is 0 Å². The molecule has 0 saturated heterocycles. The van der Waals surface area contributed by atoms with Crippen LogP contribution in [-0.4, -0.2) is 32.3 Å². The van der Waals surface area contributed by atoms with E-state index in [0.29, 0.717) is 29.4 Å². The molecule has 2 unspecified atom stereocenters. The number of aliphatic hydroxyl groups is 1. The van der Waals surface area contributed by atoms with Crippen molar-refractivity contribution in [2.45, 2.75) is 43.7 Å². The summed E-state index contributed by atoms with van der Waals surface area (Å²) in [5, 5.41) is 11.6. The van der Waals surface area contributed by atoms with Crippen LogP contribution in [0, 0.1) is 17.8 Å². The Balaban J connectivity index is 1.44. The number of hydrogen-bond acceptors (Lipinski definition) is 4. The Hall–Kier alpha value is -2.08. The van der Waals surface area contributed by atoms with Crippen LogP contribution >= 0.6 is 0 Å². The minimum atomic E-state index is -0.459. The highest BCUT2D eigenvalue weighted by Gasteiger charge is 2.54. The van der Waals surface area contributed by atoms with Gasteiger partial charge in [-0.1, -0.05) is 0 Å². The van der Waals surface area contributed by atoms with E-state index in [1.54, 1.807) is 6.07 Å². The van der Waals surface area contributed by atoms with Crippen LogP contribution in [-0.2, 0) is 0 Å².